The van der Waals surface area contributed by atoms with Crippen molar-refractivity contribution >= 4 is 5.97 Å². The zero-order valence-electron chi connectivity index (χ0n) is 16.3. The van der Waals surface area contributed by atoms with Crippen LogP contribution >= 0.6 is 0 Å². The van der Waals surface area contributed by atoms with Crippen molar-refractivity contribution in [2.45, 2.75) is 89.6 Å². The molecule has 0 amide bonds. The maximum atomic E-state index is 11.6. The maximum absolute atomic E-state index is 11.6. The van der Waals surface area contributed by atoms with E-state index in [0.29, 0.717) is 6.42 Å². The zero-order chi connectivity index (χ0) is 18.9. The van der Waals surface area contributed by atoms with E-state index in [-0.39, 0.29) is 24.6 Å². The third-order valence-corrected chi connectivity index (χ3v) is 4.80. The SMILES string of the molecule is C=CCCCC/C=C\C#CCCCCCCCC[C@@H]1C[C@@H](CO)OC1=O. The number of carbonyl (C=O) groups excluding carboxylic acids is 1. The Morgan fingerprint density at radius 1 is 1.08 bits per heavy atom. The van der Waals surface area contributed by atoms with Gasteiger partial charge in [0.05, 0.1) is 12.5 Å². The Labute approximate surface area is 159 Å². The van der Waals surface area contributed by atoms with Crippen LogP contribution in [-0.2, 0) is 9.53 Å². The van der Waals surface area contributed by atoms with Gasteiger partial charge in [-0.15, -0.1) is 6.58 Å². The number of rotatable bonds is 14. The molecule has 1 saturated heterocycles. The Hall–Kier alpha value is -1.53. The Bertz CT molecular complexity index is 470. The molecule has 0 saturated carbocycles. The van der Waals surface area contributed by atoms with Gasteiger partial charge in [-0.25, -0.2) is 0 Å². The zero-order valence-corrected chi connectivity index (χ0v) is 16.3. The highest BCUT2D eigenvalue weighted by Gasteiger charge is 2.33. The fourth-order valence-electron chi connectivity index (χ4n) is 3.21. The largest absolute Gasteiger partial charge is 0.460 e. The van der Waals surface area contributed by atoms with Gasteiger partial charge >= 0.3 is 5.97 Å². The molecule has 1 fully saturated rings. The number of cyclic esters (lactones) is 1. The average Bonchev–Trinajstić information content (AvgIpc) is 3.01. The van der Waals surface area contributed by atoms with Crippen LogP contribution < -0.4 is 0 Å². The molecule has 2 atom stereocenters. The molecule has 0 radical (unpaired) electrons. The summed E-state index contributed by atoms with van der Waals surface area (Å²) >= 11 is 0. The molecule has 0 aromatic carbocycles. The van der Waals surface area contributed by atoms with E-state index in [1.807, 2.05) is 12.2 Å². The second-order valence-corrected chi connectivity index (χ2v) is 7.13. The van der Waals surface area contributed by atoms with Gasteiger partial charge in [0.15, 0.2) is 0 Å². The highest BCUT2D eigenvalue weighted by molar-refractivity contribution is 5.74. The lowest BCUT2D eigenvalue weighted by molar-refractivity contribution is -0.145. The quantitative estimate of drug-likeness (QED) is 0.197. The van der Waals surface area contributed by atoms with Crippen molar-refractivity contribution in [3.8, 4) is 11.8 Å². The Kier molecular flexibility index (Phi) is 13.6. The summed E-state index contributed by atoms with van der Waals surface area (Å²) in [7, 11) is 0. The number of ether oxygens (including phenoxy) is 1. The predicted molar refractivity (Wildman–Crippen MR) is 108 cm³/mol. The Balaban J connectivity index is 1.86. The molecule has 1 rings (SSSR count). The minimum atomic E-state index is -0.263. The molecule has 1 heterocycles. The van der Waals surface area contributed by atoms with Crippen molar-refractivity contribution in [3.05, 3.63) is 24.8 Å². The highest BCUT2D eigenvalue weighted by Crippen LogP contribution is 2.26. The molecule has 0 spiro atoms. The van der Waals surface area contributed by atoms with Gasteiger partial charge in [-0.3, -0.25) is 4.79 Å². The molecule has 3 nitrogen and oxygen atoms in total. The number of hydrogen-bond donors (Lipinski definition) is 1. The summed E-state index contributed by atoms with van der Waals surface area (Å²) in [6.45, 7) is 3.68. The fraction of sp³-hybridized carbons (Fsp3) is 0.696. The summed E-state index contributed by atoms with van der Waals surface area (Å²) in [6, 6.07) is 0. The van der Waals surface area contributed by atoms with Gasteiger partial charge in [-0.2, -0.15) is 0 Å². The molecule has 0 aliphatic carbocycles. The Morgan fingerprint density at radius 3 is 2.54 bits per heavy atom. The van der Waals surface area contributed by atoms with Gasteiger partial charge in [0.25, 0.3) is 0 Å². The minimum absolute atomic E-state index is 0.0115. The monoisotopic (exact) mass is 360 g/mol. The van der Waals surface area contributed by atoms with Crippen molar-refractivity contribution in [1.82, 2.24) is 0 Å². The lowest BCUT2D eigenvalue weighted by Gasteiger charge is -2.05. The summed E-state index contributed by atoms with van der Waals surface area (Å²) in [5.41, 5.74) is 0. The van der Waals surface area contributed by atoms with Crippen LogP contribution in [0.1, 0.15) is 83.5 Å². The van der Waals surface area contributed by atoms with Gasteiger partial charge in [0.1, 0.15) is 6.10 Å². The van der Waals surface area contributed by atoms with E-state index in [2.05, 4.69) is 24.5 Å². The van der Waals surface area contributed by atoms with E-state index in [9.17, 15) is 4.79 Å². The van der Waals surface area contributed by atoms with Crippen LogP contribution in [-0.4, -0.2) is 23.8 Å². The standard InChI is InChI=1S/C23H36O3/c1-2-3-4-5-6-7-8-9-10-11-12-13-14-15-16-17-18-21-19-22(20-24)26-23(21)25/h2,7-8,21-22,24H,1,3-6,11-20H2/b8-7-/t21-,22+/m1/s1. The first kappa shape index (κ1) is 22.5. The van der Waals surface area contributed by atoms with E-state index >= 15 is 0 Å². The molecule has 1 N–H and O–H groups in total. The summed E-state index contributed by atoms with van der Waals surface area (Å²) in [5.74, 6) is 6.23. The first-order valence-electron chi connectivity index (χ1n) is 10.3. The van der Waals surface area contributed by atoms with E-state index in [1.54, 1.807) is 0 Å². The molecule has 146 valence electrons. The average molecular weight is 361 g/mol. The lowest BCUT2D eigenvalue weighted by atomic mass is 9.97. The summed E-state index contributed by atoms with van der Waals surface area (Å²) in [6.07, 6.45) is 20.2. The van der Waals surface area contributed by atoms with E-state index < -0.39 is 0 Å². The van der Waals surface area contributed by atoms with Crippen LogP contribution in [0.2, 0.25) is 0 Å². The minimum Gasteiger partial charge on any atom is -0.460 e. The third kappa shape index (κ3) is 11.2. The molecule has 26 heavy (non-hydrogen) atoms. The maximum Gasteiger partial charge on any atom is 0.309 e. The predicted octanol–water partition coefficient (Wildman–Crippen LogP) is 5.34. The molecular weight excluding hydrogens is 324 g/mol. The number of unbranched alkanes of at least 4 members (excludes halogenated alkanes) is 9. The van der Waals surface area contributed by atoms with Gasteiger partial charge in [-0.1, -0.05) is 56.1 Å². The summed E-state index contributed by atoms with van der Waals surface area (Å²) < 4.78 is 5.09. The van der Waals surface area contributed by atoms with Gasteiger partial charge in [-0.05, 0) is 51.0 Å². The van der Waals surface area contributed by atoms with Crippen LogP contribution in [0, 0.1) is 17.8 Å². The van der Waals surface area contributed by atoms with Crippen molar-refractivity contribution < 1.29 is 14.6 Å². The number of carbonyl (C=O) groups is 1. The number of allylic oxidation sites excluding steroid dienone is 3. The summed E-state index contributed by atoms with van der Waals surface area (Å²) in [5, 5.41) is 9.02. The highest BCUT2D eigenvalue weighted by atomic mass is 16.6. The lowest BCUT2D eigenvalue weighted by Crippen LogP contribution is -2.10. The van der Waals surface area contributed by atoms with Crippen molar-refractivity contribution in [2.24, 2.45) is 5.92 Å². The van der Waals surface area contributed by atoms with Crippen LogP contribution in [0.25, 0.3) is 0 Å². The van der Waals surface area contributed by atoms with Crippen molar-refractivity contribution in [3.63, 3.8) is 0 Å². The second-order valence-electron chi connectivity index (χ2n) is 7.13. The molecule has 0 unspecified atom stereocenters. The number of aliphatic hydroxyl groups excluding tert-OH is 1. The first-order chi connectivity index (χ1) is 12.8. The second kappa shape index (κ2) is 15.7. The topological polar surface area (TPSA) is 46.5 Å². The smallest absolute Gasteiger partial charge is 0.309 e. The van der Waals surface area contributed by atoms with Gasteiger partial charge in [0, 0.05) is 6.42 Å². The summed E-state index contributed by atoms with van der Waals surface area (Å²) in [4.78, 5) is 11.6. The van der Waals surface area contributed by atoms with Crippen LogP contribution in [0.5, 0.6) is 0 Å². The molecule has 3 heteroatoms. The van der Waals surface area contributed by atoms with E-state index in [1.165, 1.54) is 44.9 Å². The van der Waals surface area contributed by atoms with E-state index in [4.69, 9.17) is 9.84 Å². The molecular formula is C23H36O3. The molecule has 0 aromatic rings. The molecule has 0 bridgehead atoms. The first-order valence-corrected chi connectivity index (χ1v) is 10.3. The Morgan fingerprint density at radius 2 is 1.81 bits per heavy atom. The fourth-order valence-corrected chi connectivity index (χ4v) is 3.21. The number of hydrogen-bond acceptors (Lipinski definition) is 3. The normalized spacial score (nSPS) is 19.3. The van der Waals surface area contributed by atoms with Crippen molar-refractivity contribution in [2.75, 3.05) is 6.61 Å². The van der Waals surface area contributed by atoms with Crippen molar-refractivity contribution in [1.29, 1.82) is 0 Å². The van der Waals surface area contributed by atoms with Crippen LogP contribution in [0.3, 0.4) is 0 Å². The van der Waals surface area contributed by atoms with Gasteiger partial charge in [0.2, 0.25) is 0 Å². The van der Waals surface area contributed by atoms with Gasteiger partial charge < -0.3 is 9.84 Å². The number of aliphatic hydroxyl groups is 1. The molecule has 1 aliphatic heterocycles. The third-order valence-electron chi connectivity index (χ3n) is 4.80. The van der Waals surface area contributed by atoms with Crippen LogP contribution in [0.4, 0.5) is 0 Å². The molecule has 1 aliphatic rings. The molecule has 0 aromatic heterocycles. The number of esters is 1. The van der Waals surface area contributed by atoms with Crippen LogP contribution in [0.15, 0.2) is 24.8 Å². The van der Waals surface area contributed by atoms with E-state index in [0.717, 1.165) is 32.1 Å².